The van der Waals surface area contributed by atoms with E-state index in [2.05, 4.69) is 11.0 Å². The van der Waals surface area contributed by atoms with Gasteiger partial charge in [-0.05, 0) is 37.7 Å². The summed E-state index contributed by atoms with van der Waals surface area (Å²) in [6, 6.07) is 6.92. The molecule has 0 aromatic heterocycles. The van der Waals surface area contributed by atoms with Gasteiger partial charge in [0.25, 0.3) is 0 Å². The van der Waals surface area contributed by atoms with E-state index in [1.165, 1.54) is 6.07 Å². The fourth-order valence-electron chi connectivity index (χ4n) is 1.46. The van der Waals surface area contributed by atoms with Crippen LogP contribution in [0.4, 0.5) is 4.39 Å². The summed E-state index contributed by atoms with van der Waals surface area (Å²) in [5, 5.41) is 8.55. The number of hydrogen-bond donors (Lipinski definition) is 0. The van der Waals surface area contributed by atoms with Crippen molar-refractivity contribution < 1.29 is 4.39 Å². The number of halogens is 2. The van der Waals surface area contributed by atoms with E-state index in [9.17, 15) is 4.39 Å². The molecule has 0 spiro atoms. The molecule has 0 radical (unpaired) electrons. The van der Waals surface area contributed by atoms with Gasteiger partial charge in [0.2, 0.25) is 0 Å². The lowest BCUT2D eigenvalue weighted by atomic mass is 10.2. The summed E-state index contributed by atoms with van der Waals surface area (Å²) in [7, 11) is 1.95. The maximum atomic E-state index is 13.1. The van der Waals surface area contributed by atoms with Gasteiger partial charge >= 0.3 is 0 Å². The van der Waals surface area contributed by atoms with Gasteiger partial charge in [-0.15, -0.1) is 0 Å². The van der Waals surface area contributed by atoms with Gasteiger partial charge in [0.05, 0.1) is 11.1 Å². The normalized spacial score (nSPS) is 10.4. The number of hydrogen-bond acceptors (Lipinski definition) is 2. The molecule has 0 atom stereocenters. The SMILES string of the molecule is CN(CCCC#N)Cc1ccc(Cl)c(F)c1. The van der Waals surface area contributed by atoms with Crippen molar-refractivity contribution in [2.24, 2.45) is 0 Å². The van der Waals surface area contributed by atoms with E-state index in [0.717, 1.165) is 18.5 Å². The molecule has 16 heavy (non-hydrogen) atoms. The Morgan fingerprint density at radius 2 is 2.25 bits per heavy atom. The van der Waals surface area contributed by atoms with Gasteiger partial charge in [0.1, 0.15) is 5.82 Å². The van der Waals surface area contributed by atoms with Crippen molar-refractivity contribution in [1.29, 1.82) is 5.26 Å². The van der Waals surface area contributed by atoms with Gasteiger partial charge in [0.15, 0.2) is 0 Å². The smallest absolute Gasteiger partial charge is 0.142 e. The van der Waals surface area contributed by atoms with Crippen molar-refractivity contribution in [2.75, 3.05) is 13.6 Å². The molecular weight excluding hydrogens is 227 g/mol. The van der Waals surface area contributed by atoms with Gasteiger partial charge < -0.3 is 4.90 Å². The molecule has 0 heterocycles. The zero-order valence-corrected chi connectivity index (χ0v) is 9.97. The zero-order chi connectivity index (χ0) is 12.0. The van der Waals surface area contributed by atoms with Crippen molar-refractivity contribution in [3.05, 3.63) is 34.6 Å². The Kier molecular flexibility index (Phi) is 5.24. The molecule has 0 fully saturated rings. The Morgan fingerprint density at radius 1 is 1.50 bits per heavy atom. The van der Waals surface area contributed by atoms with Crippen molar-refractivity contribution in [2.45, 2.75) is 19.4 Å². The molecule has 0 saturated carbocycles. The maximum Gasteiger partial charge on any atom is 0.142 e. The number of nitriles is 1. The summed E-state index contributed by atoms with van der Waals surface area (Å²) >= 11 is 5.59. The van der Waals surface area contributed by atoms with Crippen LogP contribution < -0.4 is 0 Å². The predicted molar refractivity (Wildman–Crippen MR) is 62.6 cm³/mol. The fraction of sp³-hybridized carbons (Fsp3) is 0.417. The monoisotopic (exact) mass is 240 g/mol. The highest BCUT2D eigenvalue weighted by Crippen LogP contribution is 2.16. The first-order chi connectivity index (χ1) is 7.63. The van der Waals surface area contributed by atoms with E-state index in [0.29, 0.717) is 13.0 Å². The second-order valence-electron chi connectivity index (χ2n) is 3.75. The Morgan fingerprint density at radius 3 is 2.88 bits per heavy atom. The minimum Gasteiger partial charge on any atom is -0.302 e. The lowest BCUT2D eigenvalue weighted by molar-refractivity contribution is 0.323. The molecule has 1 rings (SSSR count). The number of nitrogens with zero attached hydrogens (tertiary/aromatic N) is 2. The third-order valence-electron chi connectivity index (χ3n) is 2.26. The van der Waals surface area contributed by atoms with Crippen molar-refractivity contribution >= 4 is 11.6 Å². The number of benzene rings is 1. The van der Waals surface area contributed by atoms with Crippen LogP contribution in [0.1, 0.15) is 18.4 Å². The van der Waals surface area contributed by atoms with Crippen LogP contribution in [0, 0.1) is 17.1 Å². The molecule has 1 aromatic rings. The van der Waals surface area contributed by atoms with Crippen molar-refractivity contribution in [3.8, 4) is 6.07 Å². The fourth-order valence-corrected chi connectivity index (χ4v) is 1.57. The molecule has 0 aliphatic rings. The predicted octanol–water partition coefficient (Wildman–Crippen LogP) is 3.21. The second-order valence-corrected chi connectivity index (χ2v) is 4.16. The van der Waals surface area contributed by atoms with Gasteiger partial charge in [0, 0.05) is 13.0 Å². The second kappa shape index (κ2) is 6.47. The first kappa shape index (κ1) is 13.0. The van der Waals surface area contributed by atoms with Crippen LogP contribution in [0.2, 0.25) is 5.02 Å². The summed E-state index contributed by atoms with van der Waals surface area (Å²) in [4.78, 5) is 2.06. The lowest BCUT2D eigenvalue weighted by Crippen LogP contribution is -2.19. The van der Waals surface area contributed by atoms with E-state index >= 15 is 0 Å². The largest absolute Gasteiger partial charge is 0.302 e. The molecule has 86 valence electrons. The minimum absolute atomic E-state index is 0.149. The molecule has 0 unspecified atom stereocenters. The van der Waals surface area contributed by atoms with E-state index in [1.54, 1.807) is 6.07 Å². The van der Waals surface area contributed by atoms with Crippen LogP contribution in [-0.4, -0.2) is 18.5 Å². The third-order valence-corrected chi connectivity index (χ3v) is 2.57. The highest BCUT2D eigenvalue weighted by molar-refractivity contribution is 6.30. The molecule has 0 amide bonds. The standard InChI is InChI=1S/C12H14ClFN2/c1-16(7-3-2-6-15)9-10-4-5-11(13)12(14)8-10/h4-5,8H,2-3,7,9H2,1H3. The van der Waals surface area contributed by atoms with Crippen LogP contribution in [0.25, 0.3) is 0 Å². The molecule has 4 heteroatoms. The minimum atomic E-state index is -0.385. The average Bonchev–Trinajstić information content (AvgIpc) is 2.24. The van der Waals surface area contributed by atoms with Crippen LogP contribution in [-0.2, 0) is 6.54 Å². The van der Waals surface area contributed by atoms with Crippen molar-refractivity contribution in [1.82, 2.24) is 4.90 Å². The first-order valence-corrected chi connectivity index (χ1v) is 5.50. The quantitative estimate of drug-likeness (QED) is 0.739. The summed E-state index contributed by atoms with van der Waals surface area (Å²) in [5.74, 6) is -0.385. The molecule has 0 aliphatic heterocycles. The van der Waals surface area contributed by atoms with Gasteiger partial charge in [-0.3, -0.25) is 0 Å². The average molecular weight is 241 g/mol. The molecule has 0 saturated heterocycles. The third kappa shape index (κ3) is 4.18. The van der Waals surface area contributed by atoms with Crippen LogP contribution in [0.15, 0.2) is 18.2 Å². The molecule has 0 bridgehead atoms. The van der Waals surface area contributed by atoms with Crippen LogP contribution in [0.5, 0.6) is 0 Å². The molecule has 0 aliphatic carbocycles. The number of unbranched alkanes of at least 4 members (excludes halogenated alkanes) is 1. The highest BCUT2D eigenvalue weighted by Gasteiger charge is 2.03. The van der Waals surface area contributed by atoms with E-state index in [1.807, 2.05) is 13.1 Å². The van der Waals surface area contributed by atoms with Gasteiger partial charge in [-0.2, -0.15) is 5.26 Å². The van der Waals surface area contributed by atoms with Gasteiger partial charge in [-0.1, -0.05) is 17.7 Å². The van der Waals surface area contributed by atoms with Crippen molar-refractivity contribution in [3.63, 3.8) is 0 Å². The Hall–Kier alpha value is -1.11. The Labute approximate surface area is 100 Å². The summed E-state index contributed by atoms with van der Waals surface area (Å²) in [5.41, 5.74) is 0.890. The Bertz CT molecular complexity index is 387. The summed E-state index contributed by atoms with van der Waals surface area (Å²) in [6.45, 7) is 1.50. The molecule has 1 aromatic carbocycles. The molecule has 0 N–H and O–H groups in total. The Balaban J connectivity index is 2.47. The zero-order valence-electron chi connectivity index (χ0n) is 9.21. The van der Waals surface area contributed by atoms with E-state index < -0.39 is 0 Å². The summed E-state index contributed by atoms with van der Waals surface area (Å²) < 4.78 is 13.1. The van der Waals surface area contributed by atoms with Crippen LogP contribution >= 0.6 is 11.6 Å². The van der Waals surface area contributed by atoms with Crippen LogP contribution in [0.3, 0.4) is 0 Å². The summed E-state index contributed by atoms with van der Waals surface area (Å²) in [6.07, 6.45) is 1.39. The molecular formula is C12H14ClFN2. The maximum absolute atomic E-state index is 13.1. The number of rotatable bonds is 5. The molecule has 2 nitrogen and oxygen atoms in total. The van der Waals surface area contributed by atoms with E-state index in [-0.39, 0.29) is 10.8 Å². The topological polar surface area (TPSA) is 27.0 Å². The highest BCUT2D eigenvalue weighted by atomic mass is 35.5. The lowest BCUT2D eigenvalue weighted by Gasteiger charge is -2.15. The first-order valence-electron chi connectivity index (χ1n) is 5.13. The van der Waals surface area contributed by atoms with Gasteiger partial charge in [-0.25, -0.2) is 4.39 Å². The van der Waals surface area contributed by atoms with E-state index in [4.69, 9.17) is 16.9 Å².